The highest BCUT2D eigenvalue weighted by molar-refractivity contribution is 5.96. The van der Waals surface area contributed by atoms with Crippen LogP contribution in [0.2, 0.25) is 0 Å². The average molecular weight is 472 g/mol. The molecule has 8 heteroatoms. The van der Waals surface area contributed by atoms with Crippen LogP contribution >= 0.6 is 0 Å². The van der Waals surface area contributed by atoms with Crippen LogP contribution in [0.4, 0.5) is 15.9 Å². The predicted octanol–water partition coefficient (Wildman–Crippen LogP) is 4.90. The first kappa shape index (κ1) is 22.7. The molecule has 0 aliphatic carbocycles. The maximum atomic E-state index is 13.3. The minimum absolute atomic E-state index is 0.00215. The maximum absolute atomic E-state index is 13.3. The van der Waals surface area contributed by atoms with Gasteiger partial charge < -0.3 is 10.2 Å². The first-order valence-corrected chi connectivity index (χ1v) is 11.7. The fourth-order valence-corrected chi connectivity index (χ4v) is 4.47. The van der Waals surface area contributed by atoms with Crippen LogP contribution < -0.4 is 10.2 Å². The van der Waals surface area contributed by atoms with Crippen molar-refractivity contribution in [1.29, 1.82) is 0 Å². The van der Waals surface area contributed by atoms with Gasteiger partial charge in [0, 0.05) is 53.6 Å². The Morgan fingerprint density at radius 1 is 1.00 bits per heavy atom. The highest BCUT2D eigenvalue weighted by atomic mass is 19.1. The summed E-state index contributed by atoms with van der Waals surface area (Å²) in [5, 5.41) is 7.72. The van der Waals surface area contributed by atoms with Gasteiger partial charge in [-0.2, -0.15) is 9.61 Å². The van der Waals surface area contributed by atoms with Gasteiger partial charge >= 0.3 is 0 Å². The molecule has 35 heavy (non-hydrogen) atoms. The summed E-state index contributed by atoms with van der Waals surface area (Å²) < 4.78 is 15.2. The number of Topliss-reactive ketones (excluding diaryl/α,β-unsaturated/α-hetero) is 1. The van der Waals surface area contributed by atoms with Gasteiger partial charge in [-0.25, -0.2) is 9.37 Å². The van der Waals surface area contributed by atoms with Crippen LogP contribution in [0.5, 0.6) is 0 Å². The van der Waals surface area contributed by atoms with E-state index in [2.05, 4.69) is 15.2 Å². The average Bonchev–Trinajstić information content (AvgIpc) is 3.28. The molecule has 0 unspecified atom stereocenters. The monoisotopic (exact) mass is 471 g/mol. The molecule has 7 nitrogen and oxygen atoms in total. The Balaban J connectivity index is 1.30. The highest BCUT2D eigenvalue weighted by Crippen LogP contribution is 2.28. The minimum Gasteiger partial charge on any atom is -0.356 e. The molecule has 0 bridgehead atoms. The topological polar surface area (TPSA) is 79.6 Å². The minimum atomic E-state index is -0.285. The van der Waals surface area contributed by atoms with Gasteiger partial charge in [-0.15, -0.1) is 0 Å². The number of carbonyl (C=O) groups excluding carboxylic acids is 2. The lowest BCUT2D eigenvalue weighted by atomic mass is 9.95. The van der Waals surface area contributed by atoms with Gasteiger partial charge in [0.15, 0.2) is 11.4 Å². The molecule has 0 saturated carbocycles. The lowest BCUT2D eigenvalue weighted by Gasteiger charge is -2.33. The molecule has 1 aliphatic rings. The smallest absolute Gasteiger partial charge is 0.227 e. The zero-order valence-electron chi connectivity index (χ0n) is 19.7. The van der Waals surface area contributed by atoms with Crippen LogP contribution in [-0.4, -0.2) is 39.4 Å². The van der Waals surface area contributed by atoms with Crippen molar-refractivity contribution in [1.82, 2.24) is 14.6 Å². The van der Waals surface area contributed by atoms with Gasteiger partial charge in [0.25, 0.3) is 0 Å². The summed E-state index contributed by atoms with van der Waals surface area (Å²) in [4.78, 5) is 31.1. The molecule has 1 aliphatic heterocycles. The Morgan fingerprint density at radius 3 is 2.34 bits per heavy atom. The number of aryl methyl sites for hydroxylation is 1. The number of ketones is 1. The number of carbonyl (C=O) groups is 2. The van der Waals surface area contributed by atoms with Gasteiger partial charge in [-0.3, -0.25) is 9.59 Å². The Bertz CT molecular complexity index is 1390. The highest BCUT2D eigenvalue weighted by Gasteiger charge is 2.27. The van der Waals surface area contributed by atoms with Crippen LogP contribution in [0.1, 0.15) is 35.8 Å². The zero-order valence-corrected chi connectivity index (χ0v) is 19.7. The number of hydrogen-bond donors (Lipinski definition) is 1. The van der Waals surface area contributed by atoms with E-state index in [-0.39, 0.29) is 23.4 Å². The number of fused-ring (bicyclic) bond motifs is 1. The summed E-state index contributed by atoms with van der Waals surface area (Å²) in [6.07, 6.45) is 1.43. The number of nitrogens with one attached hydrogen (secondary N) is 1. The third-order valence-corrected chi connectivity index (χ3v) is 6.43. The molecule has 3 heterocycles. The third-order valence-electron chi connectivity index (χ3n) is 6.43. The quantitative estimate of drug-likeness (QED) is 0.419. The Labute approximate surface area is 202 Å². The van der Waals surface area contributed by atoms with E-state index in [1.807, 2.05) is 23.6 Å². The van der Waals surface area contributed by atoms with E-state index < -0.39 is 0 Å². The molecule has 1 fully saturated rings. The molecule has 2 aromatic heterocycles. The van der Waals surface area contributed by atoms with Gasteiger partial charge in [-0.1, -0.05) is 0 Å². The van der Waals surface area contributed by atoms with Gasteiger partial charge in [0.05, 0.1) is 5.69 Å². The second-order valence-corrected chi connectivity index (χ2v) is 8.95. The van der Waals surface area contributed by atoms with E-state index in [1.165, 1.54) is 19.1 Å². The normalized spacial score (nSPS) is 14.3. The zero-order chi connectivity index (χ0) is 24.5. The molecule has 2 aromatic carbocycles. The predicted molar refractivity (Wildman–Crippen MR) is 133 cm³/mol. The second kappa shape index (κ2) is 9.29. The van der Waals surface area contributed by atoms with E-state index in [0.717, 1.165) is 28.4 Å². The van der Waals surface area contributed by atoms with Crippen LogP contribution in [0.15, 0.2) is 60.7 Å². The Kier molecular flexibility index (Phi) is 6.03. The number of aromatic nitrogens is 3. The summed E-state index contributed by atoms with van der Waals surface area (Å²) in [6.45, 7) is 4.90. The molecule has 0 spiro atoms. The SMILES string of the molecule is CC(=O)c1ccc(NC(=O)C2CCN(c3cc(C)nc4cc(-c5ccc(F)cc5)nn34)CC2)cc1. The molecule has 178 valence electrons. The summed E-state index contributed by atoms with van der Waals surface area (Å²) in [7, 11) is 0. The number of hydrogen-bond acceptors (Lipinski definition) is 5. The van der Waals surface area contributed by atoms with Gasteiger partial charge in [0.1, 0.15) is 11.6 Å². The van der Waals surface area contributed by atoms with Crippen LogP contribution in [0.3, 0.4) is 0 Å². The number of benzene rings is 2. The largest absolute Gasteiger partial charge is 0.356 e. The number of nitrogens with zero attached hydrogens (tertiary/aromatic N) is 4. The fourth-order valence-electron chi connectivity index (χ4n) is 4.47. The summed E-state index contributed by atoms with van der Waals surface area (Å²) >= 11 is 0. The third kappa shape index (κ3) is 4.77. The van der Waals surface area contributed by atoms with Crippen LogP contribution in [0.25, 0.3) is 16.9 Å². The molecule has 1 N–H and O–H groups in total. The van der Waals surface area contributed by atoms with Crippen molar-refractivity contribution in [2.75, 3.05) is 23.3 Å². The maximum Gasteiger partial charge on any atom is 0.227 e. The van der Waals surface area contributed by atoms with Crippen molar-refractivity contribution in [2.24, 2.45) is 5.92 Å². The van der Waals surface area contributed by atoms with Gasteiger partial charge in [-0.05, 0) is 75.2 Å². The molecule has 0 radical (unpaired) electrons. The number of rotatable bonds is 5. The van der Waals surface area contributed by atoms with Crippen molar-refractivity contribution >= 4 is 28.8 Å². The molecule has 5 rings (SSSR count). The van der Waals surface area contributed by atoms with Crippen molar-refractivity contribution in [3.8, 4) is 11.3 Å². The Morgan fingerprint density at radius 2 is 1.69 bits per heavy atom. The molecule has 1 amide bonds. The fraction of sp³-hybridized carbons (Fsp3) is 0.259. The van der Waals surface area contributed by atoms with Crippen molar-refractivity contribution in [3.05, 3.63) is 77.7 Å². The van der Waals surface area contributed by atoms with E-state index in [9.17, 15) is 14.0 Å². The number of anilines is 2. The van der Waals surface area contributed by atoms with Crippen molar-refractivity contribution in [3.63, 3.8) is 0 Å². The first-order valence-electron chi connectivity index (χ1n) is 11.7. The second-order valence-electron chi connectivity index (χ2n) is 8.95. The molecular weight excluding hydrogens is 445 g/mol. The number of halogens is 1. The van der Waals surface area contributed by atoms with E-state index in [0.29, 0.717) is 37.2 Å². The number of piperidine rings is 1. The summed E-state index contributed by atoms with van der Waals surface area (Å²) in [6, 6.07) is 17.1. The molecule has 0 atom stereocenters. The van der Waals surface area contributed by atoms with Gasteiger partial charge in [0.2, 0.25) is 5.91 Å². The Hall–Kier alpha value is -4.07. The molecule has 4 aromatic rings. The summed E-state index contributed by atoms with van der Waals surface area (Å²) in [5.41, 5.74) is 4.48. The van der Waals surface area contributed by atoms with Crippen molar-refractivity contribution in [2.45, 2.75) is 26.7 Å². The lowest BCUT2D eigenvalue weighted by molar-refractivity contribution is -0.120. The van der Waals surface area contributed by atoms with E-state index in [1.54, 1.807) is 36.4 Å². The first-order chi connectivity index (χ1) is 16.9. The van der Waals surface area contributed by atoms with Crippen LogP contribution in [0, 0.1) is 18.7 Å². The van der Waals surface area contributed by atoms with Crippen LogP contribution in [-0.2, 0) is 4.79 Å². The summed E-state index contributed by atoms with van der Waals surface area (Å²) in [5.74, 6) is 0.544. The standard InChI is InChI=1S/C27H26FN5O2/c1-17-15-26(33-25(29-17)16-24(31-33)20-3-7-22(28)8-4-20)32-13-11-21(12-14-32)27(35)30-23-9-5-19(6-10-23)18(2)34/h3-10,15-16,21H,11-14H2,1-2H3,(H,30,35). The van der Waals surface area contributed by atoms with E-state index >= 15 is 0 Å². The molecular formula is C27H26FN5O2. The number of amides is 1. The molecule has 1 saturated heterocycles. The lowest BCUT2D eigenvalue weighted by Crippen LogP contribution is -2.39. The van der Waals surface area contributed by atoms with Crippen molar-refractivity contribution < 1.29 is 14.0 Å². The van der Waals surface area contributed by atoms with E-state index in [4.69, 9.17) is 5.10 Å².